The number of nitrogens with zero attached hydrogens (tertiary/aromatic N) is 1. The number of thiazole rings is 1. The van der Waals surface area contributed by atoms with Gasteiger partial charge >= 0.3 is 5.97 Å². The summed E-state index contributed by atoms with van der Waals surface area (Å²) in [5.41, 5.74) is 2.33. The average molecular weight is 470 g/mol. The van der Waals surface area contributed by atoms with Crippen molar-refractivity contribution in [2.75, 3.05) is 33.2 Å². The van der Waals surface area contributed by atoms with Crippen LogP contribution in [0.4, 0.5) is 5.69 Å². The van der Waals surface area contributed by atoms with E-state index in [2.05, 4.69) is 15.6 Å². The first-order valence-corrected chi connectivity index (χ1v) is 10.8. The van der Waals surface area contributed by atoms with Crippen LogP contribution < -0.4 is 20.1 Å². The second kappa shape index (κ2) is 11.1. The fourth-order valence-corrected chi connectivity index (χ4v) is 3.70. The van der Waals surface area contributed by atoms with Gasteiger partial charge in [0.1, 0.15) is 5.01 Å². The van der Waals surface area contributed by atoms with Crippen molar-refractivity contribution >= 4 is 34.8 Å². The van der Waals surface area contributed by atoms with Crippen LogP contribution in [-0.4, -0.2) is 50.6 Å². The van der Waals surface area contributed by atoms with Crippen LogP contribution in [0.3, 0.4) is 0 Å². The van der Waals surface area contributed by atoms with Crippen LogP contribution in [0.5, 0.6) is 11.5 Å². The number of rotatable bonds is 9. The van der Waals surface area contributed by atoms with Crippen LogP contribution in [0, 0.1) is 0 Å². The third kappa shape index (κ3) is 6.30. The molecule has 2 N–H and O–H groups in total. The molecule has 0 radical (unpaired) electrons. The highest BCUT2D eigenvalue weighted by Gasteiger charge is 2.14. The minimum absolute atomic E-state index is 0.0576. The molecule has 0 bridgehead atoms. The summed E-state index contributed by atoms with van der Waals surface area (Å²) >= 11 is 1.39. The van der Waals surface area contributed by atoms with Gasteiger partial charge in [0.15, 0.2) is 18.1 Å². The van der Waals surface area contributed by atoms with E-state index in [4.69, 9.17) is 14.2 Å². The molecule has 0 aliphatic rings. The quantitative estimate of drug-likeness (QED) is 0.463. The number of aromatic nitrogens is 1. The van der Waals surface area contributed by atoms with E-state index >= 15 is 0 Å². The summed E-state index contributed by atoms with van der Waals surface area (Å²) in [5.74, 6) is -0.0783. The molecule has 33 heavy (non-hydrogen) atoms. The number of benzene rings is 2. The van der Waals surface area contributed by atoms with Crippen LogP contribution in [0.15, 0.2) is 47.8 Å². The maximum absolute atomic E-state index is 12.1. The Hall–Kier alpha value is -3.92. The Morgan fingerprint density at radius 2 is 1.73 bits per heavy atom. The van der Waals surface area contributed by atoms with Crippen molar-refractivity contribution in [3.63, 3.8) is 0 Å². The van der Waals surface area contributed by atoms with E-state index in [0.717, 1.165) is 10.6 Å². The molecule has 0 spiro atoms. The number of ether oxygens (including phenoxy) is 3. The third-order valence-electron chi connectivity index (χ3n) is 4.53. The van der Waals surface area contributed by atoms with Gasteiger partial charge in [-0.1, -0.05) is 0 Å². The van der Waals surface area contributed by atoms with Crippen LogP contribution >= 0.6 is 11.3 Å². The number of hydrogen-bond donors (Lipinski definition) is 2. The molecule has 3 aromatic rings. The summed E-state index contributed by atoms with van der Waals surface area (Å²) < 4.78 is 15.6. The number of anilines is 1. The highest BCUT2D eigenvalue weighted by molar-refractivity contribution is 7.13. The molecule has 0 atom stereocenters. The van der Waals surface area contributed by atoms with Gasteiger partial charge in [0.2, 0.25) is 0 Å². The van der Waals surface area contributed by atoms with E-state index < -0.39 is 18.5 Å². The number of hydrogen-bond acceptors (Lipinski definition) is 8. The Morgan fingerprint density at radius 3 is 2.39 bits per heavy atom. The summed E-state index contributed by atoms with van der Waals surface area (Å²) in [5, 5.41) is 7.61. The van der Waals surface area contributed by atoms with Gasteiger partial charge in [-0.05, 0) is 42.5 Å². The van der Waals surface area contributed by atoms with E-state index in [1.807, 2.05) is 12.1 Å². The highest BCUT2D eigenvalue weighted by atomic mass is 32.1. The zero-order valence-corrected chi connectivity index (χ0v) is 19.2. The van der Waals surface area contributed by atoms with Gasteiger partial charge in [0.05, 0.1) is 26.3 Å². The van der Waals surface area contributed by atoms with Crippen molar-refractivity contribution < 1.29 is 28.6 Å². The van der Waals surface area contributed by atoms with Crippen LogP contribution in [0.1, 0.15) is 16.1 Å². The Balaban J connectivity index is 1.51. The first-order valence-electron chi connectivity index (χ1n) is 9.88. The zero-order chi connectivity index (χ0) is 23.8. The van der Waals surface area contributed by atoms with E-state index in [9.17, 15) is 14.4 Å². The SMILES string of the molecule is CNC(=O)c1ccc(NC(=O)COC(=O)Cc2csc(-c3ccc(OC)c(OC)c3)n2)cc1. The molecule has 172 valence electrons. The van der Waals surface area contributed by atoms with Crippen molar-refractivity contribution in [3.05, 3.63) is 59.1 Å². The monoisotopic (exact) mass is 469 g/mol. The topological polar surface area (TPSA) is 116 Å². The fraction of sp³-hybridized carbons (Fsp3) is 0.217. The van der Waals surface area contributed by atoms with E-state index in [-0.39, 0.29) is 12.3 Å². The Labute approximate surface area is 194 Å². The first-order chi connectivity index (χ1) is 15.9. The molecule has 2 amide bonds. The molecular formula is C23H23N3O6S. The molecule has 10 heteroatoms. The largest absolute Gasteiger partial charge is 0.493 e. The van der Waals surface area contributed by atoms with Crippen molar-refractivity contribution in [2.24, 2.45) is 0 Å². The zero-order valence-electron chi connectivity index (χ0n) is 18.3. The van der Waals surface area contributed by atoms with Gasteiger partial charge in [-0.3, -0.25) is 14.4 Å². The second-order valence-electron chi connectivity index (χ2n) is 6.76. The lowest BCUT2D eigenvalue weighted by Crippen LogP contribution is -2.22. The molecule has 0 fully saturated rings. The van der Waals surface area contributed by atoms with E-state index in [1.54, 1.807) is 49.9 Å². The summed E-state index contributed by atoms with van der Waals surface area (Å²) in [6.45, 7) is -0.428. The standard InChI is InChI=1S/C23H23N3O6S/c1-24-22(29)14-4-7-16(8-5-14)25-20(27)12-32-21(28)11-17-13-33-23(26-17)15-6-9-18(30-2)19(10-15)31-3/h4-10,13H,11-12H2,1-3H3,(H,24,29)(H,25,27). The van der Waals surface area contributed by atoms with Crippen LogP contribution in [-0.2, 0) is 20.7 Å². The molecule has 0 aliphatic carbocycles. The lowest BCUT2D eigenvalue weighted by Gasteiger charge is -2.08. The van der Waals surface area contributed by atoms with Gasteiger partial charge < -0.3 is 24.8 Å². The third-order valence-corrected chi connectivity index (χ3v) is 5.47. The van der Waals surface area contributed by atoms with Gasteiger partial charge in [-0.15, -0.1) is 11.3 Å². The van der Waals surface area contributed by atoms with Gasteiger partial charge in [0.25, 0.3) is 11.8 Å². The smallest absolute Gasteiger partial charge is 0.312 e. The first kappa shape index (κ1) is 23.7. The Kier molecular flexibility index (Phi) is 7.98. The molecule has 0 unspecified atom stereocenters. The molecule has 3 rings (SSSR count). The second-order valence-corrected chi connectivity index (χ2v) is 7.61. The predicted molar refractivity (Wildman–Crippen MR) is 124 cm³/mol. The summed E-state index contributed by atoms with van der Waals surface area (Å²) in [7, 11) is 4.66. The normalized spacial score (nSPS) is 10.3. The maximum Gasteiger partial charge on any atom is 0.312 e. The van der Waals surface area contributed by atoms with Crippen molar-refractivity contribution in [2.45, 2.75) is 6.42 Å². The number of carbonyl (C=O) groups excluding carboxylic acids is 3. The van der Waals surface area contributed by atoms with Crippen molar-refractivity contribution in [1.29, 1.82) is 0 Å². The van der Waals surface area contributed by atoms with Gasteiger partial charge in [-0.25, -0.2) is 4.98 Å². The molecule has 9 nitrogen and oxygen atoms in total. The molecular weight excluding hydrogens is 446 g/mol. The van der Waals surface area contributed by atoms with E-state index in [0.29, 0.717) is 28.4 Å². The Bertz CT molecular complexity index is 1140. The highest BCUT2D eigenvalue weighted by Crippen LogP contribution is 2.33. The van der Waals surface area contributed by atoms with E-state index in [1.165, 1.54) is 18.4 Å². The summed E-state index contributed by atoms with van der Waals surface area (Å²) in [4.78, 5) is 40.2. The summed E-state index contributed by atoms with van der Waals surface area (Å²) in [6, 6.07) is 11.8. The number of methoxy groups -OCH3 is 2. The number of esters is 1. The summed E-state index contributed by atoms with van der Waals surface area (Å²) in [6.07, 6.45) is -0.0576. The maximum atomic E-state index is 12.1. The van der Waals surface area contributed by atoms with Crippen LogP contribution in [0.2, 0.25) is 0 Å². The molecule has 0 saturated heterocycles. The fourth-order valence-electron chi connectivity index (χ4n) is 2.88. The predicted octanol–water partition coefficient (Wildman–Crippen LogP) is 2.91. The number of carbonyl (C=O) groups is 3. The molecule has 1 aromatic heterocycles. The minimum Gasteiger partial charge on any atom is -0.493 e. The molecule has 0 saturated carbocycles. The molecule has 1 heterocycles. The van der Waals surface area contributed by atoms with Crippen LogP contribution in [0.25, 0.3) is 10.6 Å². The molecule has 2 aromatic carbocycles. The Morgan fingerprint density at radius 1 is 1.00 bits per heavy atom. The van der Waals surface area contributed by atoms with Gasteiger partial charge in [-0.2, -0.15) is 0 Å². The minimum atomic E-state index is -0.565. The van der Waals surface area contributed by atoms with Crippen molar-refractivity contribution in [1.82, 2.24) is 10.3 Å². The van der Waals surface area contributed by atoms with Crippen molar-refractivity contribution in [3.8, 4) is 22.1 Å². The lowest BCUT2D eigenvalue weighted by molar-refractivity contribution is -0.146. The van der Waals surface area contributed by atoms with Gasteiger partial charge in [0, 0.05) is 29.2 Å². The molecule has 0 aliphatic heterocycles. The lowest BCUT2D eigenvalue weighted by atomic mass is 10.2. The average Bonchev–Trinajstić information content (AvgIpc) is 3.30. The number of nitrogens with one attached hydrogen (secondary N) is 2. The number of amides is 2.